The lowest BCUT2D eigenvalue weighted by Gasteiger charge is -2.26. The minimum atomic E-state index is -3.70. The van der Waals surface area contributed by atoms with Crippen LogP contribution in [0.4, 0.5) is 0 Å². The summed E-state index contributed by atoms with van der Waals surface area (Å²) in [6, 6.07) is 5.09. The summed E-state index contributed by atoms with van der Waals surface area (Å²) < 4.78 is 33.1. The second-order valence-corrected chi connectivity index (χ2v) is 7.94. The number of aryl methyl sites for hydroxylation is 1. The van der Waals surface area contributed by atoms with Gasteiger partial charge in [0.05, 0.1) is 12.7 Å². The van der Waals surface area contributed by atoms with Gasteiger partial charge >= 0.3 is 0 Å². The molecule has 1 aromatic carbocycles. The molecule has 23 heavy (non-hydrogen) atoms. The highest BCUT2D eigenvalue weighted by Crippen LogP contribution is 2.27. The predicted octanol–water partition coefficient (Wildman–Crippen LogP) is 2.61. The molecule has 1 saturated carbocycles. The molecule has 1 aromatic rings. The molecule has 0 spiro atoms. The second kappa shape index (κ2) is 8.13. The standard InChI is InChI=1S/C17H27NO4S/c1-3-22-16-10-9-13(2)11-17(16)23(20,21)18-12-15(19)14-7-5-4-6-8-14/h9-11,14-15,18-19H,3-8,12H2,1-2H3. The maximum atomic E-state index is 12.6. The zero-order chi connectivity index (χ0) is 16.9. The molecule has 0 aliphatic heterocycles. The summed E-state index contributed by atoms with van der Waals surface area (Å²) in [5.74, 6) is 0.535. The van der Waals surface area contributed by atoms with Gasteiger partial charge in [0.2, 0.25) is 10.0 Å². The van der Waals surface area contributed by atoms with E-state index in [9.17, 15) is 13.5 Å². The van der Waals surface area contributed by atoms with Gasteiger partial charge in [-0.15, -0.1) is 0 Å². The summed E-state index contributed by atoms with van der Waals surface area (Å²) in [4.78, 5) is 0.134. The molecule has 1 aliphatic carbocycles. The molecule has 1 aliphatic rings. The number of rotatable bonds is 7. The van der Waals surface area contributed by atoms with Crippen molar-refractivity contribution in [3.05, 3.63) is 23.8 Å². The summed E-state index contributed by atoms with van der Waals surface area (Å²) in [5, 5.41) is 10.3. The Balaban J connectivity index is 2.07. The lowest BCUT2D eigenvalue weighted by Crippen LogP contribution is -2.37. The second-order valence-electron chi connectivity index (χ2n) is 6.20. The first kappa shape index (κ1) is 18.2. The van der Waals surface area contributed by atoms with Crippen LogP contribution in [0.3, 0.4) is 0 Å². The van der Waals surface area contributed by atoms with Crippen LogP contribution in [-0.2, 0) is 10.0 Å². The van der Waals surface area contributed by atoms with E-state index >= 15 is 0 Å². The Morgan fingerprint density at radius 2 is 2.00 bits per heavy atom. The van der Waals surface area contributed by atoms with Crippen molar-refractivity contribution in [2.75, 3.05) is 13.2 Å². The molecule has 1 fully saturated rings. The third-order valence-electron chi connectivity index (χ3n) is 4.37. The van der Waals surface area contributed by atoms with Crippen molar-refractivity contribution in [1.29, 1.82) is 0 Å². The highest BCUT2D eigenvalue weighted by molar-refractivity contribution is 7.89. The molecule has 130 valence electrons. The first-order chi connectivity index (χ1) is 10.9. The van der Waals surface area contributed by atoms with Gasteiger partial charge in [0, 0.05) is 6.54 Å². The van der Waals surface area contributed by atoms with E-state index in [0.717, 1.165) is 31.2 Å². The minimum Gasteiger partial charge on any atom is -0.492 e. The van der Waals surface area contributed by atoms with Crippen molar-refractivity contribution in [2.24, 2.45) is 5.92 Å². The molecule has 1 atom stereocenters. The van der Waals surface area contributed by atoms with Gasteiger partial charge in [-0.3, -0.25) is 0 Å². The molecule has 2 rings (SSSR count). The summed E-state index contributed by atoms with van der Waals surface area (Å²) in [6.45, 7) is 4.10. The highest BCUT2D eigenvalue weighted by Gasteiger charge is 2.25. The number of nitrogens with one attached hydrogen (secondary N) is 1. The minimum absolute atomic E-state index is 0.0481. The highest BCUT2D eigenvalue weighted by atomic mass is 32.2. The van der Waals surface area contributed by atoms with Gasteiger partial charge in [0.15, 0.2) is 0 Å². The fraction of sp³-hybridized carbons (Fsp3) is 0.647. The Labute approximate surface area is 139 Å². The van der Waals surface area contributed by atoms with Crippen LogP contribution in [0.5, 0.6) is 5.75 Å². The third kappa shape index (κ3) is 4.93. The van der Waals surface area contributed by atoms with Crippen molar-refractivity contribution < 1.29 is 18.3 Å². The van der Waals surface area contributed by atoms with E-state index in [4.69, 9.17) is 4.74 Å². The molecule has 6 heteroatoms. The van der Waals surface area contributed by atoms with Gasteiger partial charge < -0.3 is 9.84 Å². The van der Waals surface area contributed by atoms with E-state index < -0.39 is 16.1 Å². The van der Waals surface area contributed by atoms with E-state index in [1.165, 1.54) is 6.42 Å². The van der Waals surface area contributed by atoms with Crippen molar-refractivity contribution in [3.63, 3.8) is 0 Å². The molecule has 0 radical (unpaired) electrons. The van der Waals surface area contributed by atoms with Crippen molar-refractivity contribution >= 4 is 10.0 Å². The Hall–Kier alpha value is -1.11. The zero-order valence-corrected chi connectivity index (χ0v) is 14.7. The largest absolute Gasteiger partial charge is 0.492 e. The molecule has 5 nitrogen and oxygen atoms in total. The fourth-order valence-electron chi connectivity index (χ4n) is 3.06. The fourth-order valence-corrected chi connectivity index (χ4v) is 4.34. The predicted molar refractivity (Wildman–Crippen MR) is 90.1 cm³/mol. The SMILES string of the molecule is CCOc1ccc(C)cc1S(=O)(=O)NCC(O)C1CCCCC1. The number of hydrogen-bond acceptors (Lipinski definition) is 4. The van der Waals surface area contributed by atoms with Crippen LogP contribution in [0.2, 0.25) is 0 Å². The molecule has 0 saturated heterocycles. The number of aliphatic hydroxyl groups excluding tert-OH is 1. The van der Waals surface area contributed by atoms with Crippen LogP contribution in [-0.4, -0.2) is 32.8 Å². The smallest absolute Gasteiger partial charge is 0.244 e. The van der Waals surface area contributed by atoms with Crippen LogP contribution in [0.15, 0.2) is 23.1 Å². The Bertz CT molecular complexity index is 609. The molecular formula is C17H27NO4S. The molecule has 1 unspecified atom stereocenters. The van der Waals surface area contributed by atoms with Gasteiger partial charge in [-0.1, -0.05) is 25.3 Å². The van der Waals surface area contributed by atoms with Gasteiger partial charge in [-0.2, -0.15) is 0 Å². The molecule has 0 bridgehead atoms. The van der Waals surface area contributed by atoms with Gasteiger partial charge in [-0.05, 0) is 50.3 Å². The molecule has 2 N–H and O–H groups in total. The van der Waals surface area contributed by atoms with Gasteiger partial charge in [0.25, 0.3) is 0 Å². The third-order valence-corrected chi connectivity index (χ3v) is 5.81. The number of benzene rings is 1. The lowest BCUT2D eigenvalue weighted by atomic mass is 9.85. The average molecular weight is 341 g/mol. The molecular weight excluding hydrogens is 314 g/mol. The maximum Gasteiger partial charge on any atom is 0.244 e. The Morgan fingerprint density at radius 3 is 2.65 bits per heavy atom. The summed E-state index contributed by atoms with van der Waals surface area (Å²) in [6.07, 6.45) is 4.73. The molecule has 0 amide bonds. The van der Waals surface area contributed by atoms with Crippen molar-refractivity contribution in [1.82, 2.24) is 4.72 Å². The van der Waals surface area contributed by atoms with Crippen molar-refractivity contribution in [3.8, 4) is 5.75 Å². The number of sulfonamides is 1. The summed E-state index contributed by atoms with van der Waals surface area (Å²) in [7, 11) is -3.70. The van der Waals surface area contributed by atoms with E-state index in [0.29, 0.717) is 12.4 Å². The number of aliphatic hydroxyl groups is 1. The summed E-state index contributed by atoms with van der Waals surface area (Å²) in [5.41, 5.74) is 0.849. The van der Waals surface area contributed by atoms with E-state index in [-0.39, 0.29) is 17.4 Å². The number of ether oxygens (including phenoxy) is 1. The first-order valence-electron chi connectivity index (χ1n) is 8.35. The lowest BCUT2D eigenvalue weighted by molar-refractivity contribution is 0.0888. The summed E-state index contributed by atoms with van der Waals surface area (Å²) >= 11 is 0. The van der Waals surface area contributed by atoms with Crippen LogP contribution in [0.1, 0.15) is 44.6 Å². The maximum absolute atomic E-state index is 12.6. The van der Waals surface area contributed by atoms with Gasteiger partial charge in [-0.25, -0.2) is 13.1 Å². The first-order valence-corrected chi connectivity index (χ1v) is 9.83. The van der Waals surface area contributed by atoms with E-state index in [1.807, 2.05) is 19.9 Å². The van der Waals surface area contributed by atoms with E-state index in [1.54, 1.807) is 12.1 Å². The monoisotopic (exact) mass is 341 g/mol. The van der Waals surface area contributed by atoms with Crippen molar-refractivity contribution in [2.45, 2.75) is 57.0 Å². The van der Waals surface area contributed by atoms with Crippen LogP contribution in [0, 0.1) is 12.8 Å². The Kier molecular flexibility index (Phi) is 6.44. The van der Waals surface area contributed by atoms with Crippen LogP contribution >= 0.6 is 0 Å². The quantitative estimate of drug-likeness (QED) is 0.799. The average Bonchev–Trinajstić information content (AvgIpc) is 2.55. The zero-order valence-electron chi connectivity index (χ0n) is 13.9. The Morgan fingerprint density at radius 1 is 1.30 bits per heavy atom. The van der Waals surface area contributed by atoms with Crippen LogP contribution in [0.25, 0.3) is 0 Å². The van der Waals surface area contributed by atoms with Gasteiger partial charge in [0.1, 0.15) is 10.6 Å². The number of hydrogen-bond donors (Lipinski definition) is 2. The molecule has 0 aromatic heterocycles. The normalized spacial score (nSPS) is 17.9. The van der Waals surface area contributed by atoms with Crippen LogP contribution < -0.4 is 9.46 Å². The van der Waals surface area contributed by atoms with E-state index in [2.05, 4.69) is 4.72 Å². The molecule has 0 heterocycles. The topological polar surface area (TPSA) is 75.6 Å².